The van der Waals surface area contributed by atoms with Gasteiger partial charge in [-0.05, 0) is 12.1 Å². The van der Waals surface area contributed by atoms with Gasteiger partial charge in [-0.15, -0.1) is 0 Å². The van der Waals surface area contributed by atoms with Gasteiger partial charge < -0.3 is 10.7 Å². The number of aromatic amines is 1. The quantitative estimate of drug-likeness (QED) is 0.693. The molecule has 0 aliphatic rings. The molecule has 2 aromatic heterocycles. The minimum absolute atomic E-state index is 0.0477. The van der Waals surface area contributed by atoms with Crippen molar-refractivity contribution in [2.24, 2.45) is 5.73 Å². The molecule has 0 radical (unpaired) electrons. The van der Waals surface area contributed by atoms with Crippen LogP contribution in [-0.4, -0.2) is 28.4 Å². The Balaban J connectivity index is 2.45. The molecule has 0 fully saturated rings. The number of thiocarbonyl (C=S) groups is 1. The highest BCUT2D eigenvalue weighted by Crippen LogP contribution is 2.15. The molecular weight excluding hydrogens is 274 g/mol. The molecule has 2 aromatic rings. The minimum Gasteiger partial charge on any atom is -0.388 e. The fourth-order valence-corrected chi connectivity index (χ4v) is 2.67. The summed E-state index contributed by atoms with van der Waals surface area (Å²) in [6, 6.07) is 2.85. The van der Waals surface area contributed by atoms with E-state index in [0.29, 0.717) is 0 Å². The van der Waals surface area contributed by atoms with Crippen LogP contribution >= 0.6 is 12.2 Å². The second-order valence-corrected chi connectivity index (χ2v) is 5.35. The van der Waals surface area contributed by atoms with Crippen LogP contribution in [-0.2, 0) is 10.0 Å². The van der Waals surface area contributed by atoms with Crippen LogP contribution in [0.1, 0.15) is 5.69 Å². The normalized spacial score (nSPS) is 11.1. The lowest BCUT2D eigenvalue weighted by Crippen LogP contribution is -2.21. The number of aromatic nitrogens is 3. The molecule has 0 saturated heterocycles. The SMILES string of the molecule is NC(=S)c1ncccc1S(=O)(=O)Nc1ncc[nH]1. The molecule has 2 rings (SSSR count). The van der Waals surface area contributed by atoms with Gasteiger partial charge >= 0.3 is 0 Å². The third kappa shape index (κ3) is 2.46. The first-order valence-electron chi connectivity index (χ1n) is 4.78. The number of rotatable bonds is 4. The zero-order valence-electron chi connectivity index (χ0n) is 8.99. The van der Waals surface area contributed by atoms with E-state index < -0.39 is 10.0 Å². The van der Waals surface area contributed by atoms with Gasteiger partial charge in [0, 0.05) is 18.6 Å². The van der Waals surface area contributed by atoms with Gasteiger partial charge in [0.05, 0.1) is 0 Å². The second kappa shape index (κ2) is 4.70. The van der Waals surface area contributed by atoms with Crippen LogP contribution in [0.4, 0.5) is 5.95 Å². The molecule has 0 aliphatic carbocycles. The molecule has 0 aliphatic heterocycles. The van der Waals surface area contributed by atoms with Crippen LogP contribution in [0.2, 0.25) is 0 Å². The van der Waals surface area contributed by atoms with E-state index in [4.69, 9.17) is 18.0 Å². The summed E-state index contributed by atoms with van der Waals surface area (Å²) >= 11 is 4.77. The van der Waals surface area contributed by atoms with Gasteiger partial charge in [0.1, 0.15) is 15.6 Å². The summed E-state index contributed by atoms with van der Waals surface area (Å²) in [5, 5.41) is 0. The Kier molecular flexibility index (Phi) is 3.26. The first-order valence-corrected chi connectivity index (χ1v) is 6.67. The molecule has 94 valence electrons. The van der Waals surface area contributed by atoms with Crippen molar-refractivity contribution in [1.29, 1.82) is 0 Å². The van der Waals surface area contributed by atoms with Crippen molar-refractivity contribution in [3.05, 3.63) is 36.4 Å². The number of hydrogen-bond acceptors (Lipinski definition) is 5. The van der Waals surface area contributed by atoms with Crippen molar-refractivity contribution in [3.63, 3.8) is 0 Å². The largest absolute Gasteiger partial charge is 0.388 e. The highest BCUT2D eigenvalue weighted by Gasteiger charge is 2.21. The Morgan fingerprint density at radius 3 is 2.78 bits per heavy atom. The molecule has 18 heavy (non-hydrogen) atoms. The van der Waals surface area contributed by atoms with Crippen LogP contribution in [0.5, 0.6) is 0 Å². The number of imidazole rings is 1. The van der Waals surface area contributed by atoms with Crippen molar-refractivity contribution in [1.82, 2.24) is 15.0 Å². The fraction of sp³-hybridized carbons (Fsp3) is 0. The molecule has 0 atom stereocenters. The Morgan fingerprint density at radius 1 is 1.39 bits per heavy atom. The van der Waals surface area contributed by atoms with E-state index in [9.17, 15) is 8.42 Å². The number of nitrogens with one attached hydrogen (secondary N) is 2. The van der Waals surface area contributed by atoms with E-state index in [2.05, 4.69) is 19.7 Å². The van der Waals surface area contributed by atoms with Gasteiger partial charge in [0.2, 0.25) is 5.95 Å². The third-order valence-corrected chi connectivity index (χ3v) is 3.59. The number of H-pyrrole nitrogens is 1. The molecule has 7 nitrogen and oxygen atoms in total. The molecule has 0 unspecified atom stereocenters. The van der Waals surface area contributed by atoms with Crippen LogP contribution < -0.4 is 10.5 Å². The Hall–Kier alpha value is -2.00. The number of anilines is 1. The van der Waals surface area contributed by atoms with Gasteiger partial charge in [-0.2, -0.15) is 0 Å². The standard InChI is InChI=1S/C9H9N5O2S2/c10-8(17)7-6(2-1-3-11-7)18(15,16)14-9-12-4-5-13-9/h1-5H,(H2,10,17)(H2,12,13,14). The van der Waals surface area contributed by atoms with Crippen molar-refractivity contribution in [3.8, 4) is 0 Å². The van der Waals surface area contributed by atoms with E-state index in [-0.39, 0.29) is 21.5 Å². The van der Waals surface area contributed by atoms with Crippen molar-refractivity contribution >= 4 is 33.2 Å². The summed E-state index contributed by atoms with van der Waals surface area (Å²) in [6.07, 6.45) is 4.34. The van der Waals surface area contributed by atoms with E-state index in [1.165, 1.54) is 30.7 Å². The van der Waals surface area contributed by atoms with E-state index in [1.807, 2.05) is 0 Å². The molecule has 0 spiro atoms. The molecule has 0 bridgehead atoms. The summed E-state index contributed by atoms with van der Waals surface area (Å²) in [5.74, 6) is 0.104. The van der Waals surface area contributed by atoms with Crippen LogP contribution in [0.15, 0.2) is 35.6 Å². The molecule has 2 heterocycles. The average Bonchev–Trinajstić information content (AvgIpc) is 2.81. The fourth-order valence-electron chi connectivity index (χ4n) is 1.30. The lowest BCUT2D eigenvalue weighted by Gasteiger charge is -2.08. The topological polar surface area (TPSA) is 114 Å². The summed E-state index contributed by atoms with van der Waals surface area (Å²) in [6.45, 7) is 0. The van der Waals surface area contributed by atoms with E-state index in [0.717, 1.165) is 0 Å². The lowest BCUT2D eigenvalue weighted by molar-refractivity contribution is 0.600. The lowest BCUT2D eigenvalue weighted by atomic mass is 10.3. The minimum atomic E-state index is -3.83. The molecule has 0 saturated carbocycles. The van der Waals surface area contributed by atoms with Crippen molar-refractivity contribution < 1.29 is 8.42 Å². The van der Waals surface area contributed by atoms with Gasteiger partial charge in [-0.25, -0.2) is 18.1 Å². The maximum atomic E-state index is 12.1. The number of pyridine rings is 1. The summed E-state index contributed by atoms with van der Waals surface area (Å²) < 4.78 is 26.5. The van der Waals surface area contributed by atoms with Gasteiger partial charge in [0.25, 0.3) is 10.0 Å². The predicted molar refractivity (Wildman–Crippen MR) is 69.5 cm³/mol. The summed E-state index contributed by atoms with van der Waals surface area (Å²) in [7, 11) is -3.83. The third-order valence-electron chi connectivity index (χ3n) is 2.02. The van der Waals surface area contributed by atoms with Gasteiger partial charge in [-0.1, -0.05) is 12.2 Å². The maximum Gasteiger partial charge on any atom is 0.266 e. The molecule has 0 amide bonds. The Bertz CT molecular complexity index is 666. The van der Waals surface area contributed by atoms with E-state index in [1.54, 1.807) is 0 Å². The number of nitrogens with two attached hydrogens (primary N) is 1. The van der Waals surface area contributed by atoms with Crippen molar-refractivity contribution in [2.75, 3.05) is 4.72 Å². The zero-order chi connectivity index (χ0) is 13.2. The average molecular weight is 283 g/mol. The highest BCUT2D eigenvalue weighted by atomic mass is 32.2. The summed E-state index contributed by atoms with van der Waals surface area (Å²) in [4.78, 5) is 10.1. The maximum absolute atomic E-state index is 12.1. The Labute approximate surface area is 109 Å². The molecule has 9 heteroatoms. The first-order chi connectivity index (χ1) is 8.50. The zero-order valence-corrected chi connectivity index (χ0v) is 10.6. The number of sulfonamides is 1. The van der Waals surface area contributed by atoms with Crippen LogP contribution in [0.25, 0.3) is 0 Å². The highest BCUT2D eigenvalue weighted by molar-refractivity contribution is 7.93. The first kappa shape index (κ1) is 12.5. The second-order valence-electron chi connectivity index (χ2n) is 3.26. The monoisotopic (exact) mass is 283 g/mol. The number of nitrogens with zero attached hydrogens (tertiary/aromatic N) is 2. The summed E-state index contributed by atoms with van der Waals surface area (Å²) in [5.41, 5.74) is 5.49. The smallest absolute Gasteiger partial charge is 0.266 e. The van der Waals surface area contributed by atoms with E-state index >= 15 is 0 Å². The molecule has 0 aromatic carbocycles. The van der Waals surface area contributed by atoms with Crippen LogP contribution in [0.3, 0.4) is 0 Å². The van der Waals surface area contributed by atoms with Gasteiger partial charge in [-0.3, -0.25) is 4.98 Å². The predicted octanol–water partition coefficient (Wildman–Crippen LogP) is 0.240. The van der Waals surface area contributed by atoms with Crippen LogP contribution in [0, 0.1) is 0 Å². The molecular formula is C9H9N5O2S2. The van der Waals surface area contributed by atoms with Crippen molar-refractivity contribution in [2.45, 2.75) is 4.90 Å². The Morgan fingerprint density at radius 2 is 2.17 bits per heavy atom. The molecule has 4 N–H and O–H groups in total. The van der Waals surface area contributed by atoms with Gasteiger partial charge in [0.15, 0.2) is 0 Å². The number of hydrogen-bond donors (Lipinski definition) is 3.